The monoisotopic (exact) mass is 423 g/mol. The summed E-state index contributed by atoms with van der Waals surface area (Å²) in [6.07, 6.45) is -4.47. The average molecular weight is 423 g/mol. The number of hydrogen-bond acceptors (Lipinski definition) is 4. The summed E-state index contributed by atoms with van der Waals surface area (Å²) in [7, 11) is 0. The molecule has 4 rings (SSSR count). The number of carbonyl (C=O) groups excluding carboxylic acids is 1. The molecule has 0 spiro atoms. The van der Waals surface area contributed by atoms with Gasteiger partial charge in [-0.15, -0.1) is 10.2 Å². The first-order chi connectivity index (χ1) is 14.9. The molecule has 4 aromatic rings. The highest BCUT2D eigenvalue weighted by atomic mass is 19.4. The maximum absolute atomic E-state index is 12.8. The van der Waals surface area contributed by atoms with Gasteiger partial charge in [0.1, 0.15) is 6.04 Å². The minimum Gasteiger partial charge on any atom is -0.418 e. The number of hydrogen-bond donors (Lipinski definition) is 1. The maximum atomic E-state index is 12.8. The first-order valence-electron chi connectivity index (χ1n) is 9.34. The molecular formula is C23H16F3N3O2. The van der Waals surface area contributed by atoms with Crippen molar-refractivity contribution >= 4 is 5.91 Å². The van der Waals surface area contributed by atoms with Gasteiger partial charge in [0.2, 0.25) is 11.8 Å². The Bertz CT molecular complexity index is 1160. The molecule has 0 aliphatic rings. The van der Waals surface area contributed by atoms with E-state index in [1.807, 2.05) is 36.4 Å². The van der Waals surface area contributed by atoms with Gasteiger partial charge in [-0.1, -0.05) is 48.5 Å². The van der Waals surface area contributed by atoms with E-state index in [2.05, 4.69) is 15.5 Å². The summed E-state index contributed by atoms with van der Waals surface area (Å²) in [5.41, 5.74) is 0.665. The number of aromatic nitrogens is 2. The summed E-state index contributed by atoms with van der Waals surface area (Å²) in [6.45, 7) is 0. The summed E-state index contributed by atoms with van der Waals surface area (Å²) in [4.78, 5) is 12.8. The maximum Gasteiger partial charge on any atom is 0.416 e. The van der Waals surface area contributed by atoms with Gasteiger partial charge in [0.05, 0.1) is 5.56 Å². The van der Waals surface area contributed by atoms with Crippen molar-refractivity contribution < 1.29 is 22.4 Å². The second-order valence-electron chi connectivity index (χ2n) is 6.70. The molecule has 1 heterocycles. The van der Waals surface area contributed by atoms with Crippen molar-refractivity contribution in [3.05, 3.63) is 108 Å². The van der Waals surface area contributed by atoms with Crippen LogP contribution < -0.4 is 5.32 Å². The van der Waals surface area contributed by atoms with Gasteiger partial charge in [-0.2, -0.15) is 13.2 Å². The third kappa shape index (κ3) is 4.63. The molecule has 0 bridgehead atoms. The number of benzene rings is 3. The molecule has 0 fully saturated rings. The number of carbonyl (C=O) groups is 1. The molecule has 1 unspecified atom stereocenters. The topological polar surface area (TPSA) is 68.0 Å². The zero-order valence-electron chi connectivity index (χ0n) is 16.0. The van der Waals surface area contributed by atoms with Gasteiger partial charge < -0.3 is 9.73 Å². The fourth-order valence-corrected chi connectivity index (χ4v) is 3.01. The largest absolute Gasteiger partial charge is 0.418 e. The van der Waals surface area contributed by atoms with E-state index in [-0.39, 0.29) is 11.5 Å². The van der Waals surface area contributed by atoms with Crippen molar-refractivity contribution in [2.75, 3.05) is 0 Å². The van der Waals surface area contributed by atoms with Crippen molar-refractivity contribution in [2.24, 2.45) is 0 Å². The van der Waals surface area contributed by atoms with Crippen LogP contribution in [-0.2, 0) is 6.18 Å². The zero-order valence-corrected chi connectivity index (χ0v) is 16.0. The Morgan fingerprint density at radius 3 is 2.06 bits per heavy atom. The normalized spacial score (nSPS) is 12.4. The van der Waals surface area contributed by atoms with Gasteiger partial charge in [0, 0.05) is 11.1 Å². The SMILES string of the molecule is O=C(NC(c1ccccc1)c1nnc(-c2ccccc2)o1)c1ccc(C(F)(F)F)cc1. The van der Waals surface area contributed by atoms with Gasteiger partial charge >= 0.3 is 6.18 Å². The van der Waals surface area contributed by atoms with Crippen molar-refractivity contribution in [2.45, 2.75) is 12.2 Å². The number of amides is 1. The predicted octanol–water partition coefficient (Wildman–Crippen LogP) is 5.27. The van der Waals surface area contributed by atoms with Gasteiger partial charge in [-0.3, -0.25) is 4.79 Å². The van der Waals surface area contributed by atoms with Crippen LogP contribution in [0.2, 0.25) is 0 Å². The summed E-state index contributed by atoms with van der Waals surface area (Å²) in [5, 5.41) is 10.9. The summed E-state index contributed by atoms with van der Waals surface area (Å²) in [5.74, 6) is -0.118. The standard InChI is InChI=1S/C23H16F3N3O2/c24-23(25,26)18-13-11-16(12-14-18)20(30)27-19(15-7-3-1-4-8-15)22-29-28-21(31-22)17-9-5-2-6-10-17/h1-14,19H,(H,27,30). The van der Waals surface area contributed by atoms with E-state index in [1.54, 1.807) is 24.3 Å². The molecule has 8 heteroatoms. The average Bonchev–Trinajstić information content (AvgIpc) is 3.28. The van der Waals surface area contributed by atoms with E-state index in [1.165, 1.54) is 0 Å². The van der Waals surface area contributed by atoms with E-state index in [9.17, 15) is 18.0 Å². The highest BCUT2D eigenvalue weighted by Crippen LogP contribution is 2.29. The van der Waals surface area contributed by atoms with E-state index in [4.69, 9.17) is 4.42 Å². The quantitative estimate of drug-likeness (QED) is 0.475. The number of nitrogens with zero attached hydrogens (tertiary/aromatic N) is 2. The fraction of sp³-hybridized carbons (Fsp3) is 0.0870. The fourth-order valence-electron chi connectivity index (χ4n) is 3.01. The Morgan fingerprint density at radius 2 is 1.45 bits per heavy atom. The second-order valence-corrected chi connectivity index (χ2v) is 6.70. The van der Waals surface area contributed by atoms with E-state index in [0.29, 0.717) is 11.5 Å². The zero-order chi connectivity index (χ0) is 21.8. The van der Waals surface area contributed by atoms with E-state index >= 15 is 0 Å². The second kappa shape index (κ2) is 8.43. The van der Waals surface area contributed by atoms with Crippen molar-refractivity contribution in [1.82, 2.24) is 15.5 Å². The van der Waals surface area contributed by atoms with Crippen molar-refractivity contribution in [1.29, 1.82) is 0 Å². The number of alkyl halides is 3. The Labute approximate surface area is 175 Å². The molecule has 156 valence electrons. The van der Waals surface area contributed by atoms with Crippen LogP contribution in [0.25, 0.3) is 11.5 Å². The lowest BCUT2D eigenvalue weighted by atomic mass is 10.1. The molecule has 1 amide bonds. The number of rotatable bonds is 5. The Kier molecular flexibility index (Phi) is 5.53. The van der Waals surface area contributed by atoms with Crippen LogP contribution in [0.15, 0.2) is 89.3 Å². The molecule has 0 saturated carbocycles. The summed E-state index contributed by atoms with van der Waals surface area (Å²) in [6, 6.07) is 21.3. The van der Waals surface area contributed by atoms with Crippen LogP contribution in [0, 0.1) is 0 Å². The highest BCUT2D eigenvalue weighted by Gasteiger charge is 2.30. The lowest BCUT2D eigenvalue weighted by Crippen LogP contribution is -2.29. The molecule has 0 radical (unpaired) electrons. The Morgan fingerprint density at radius 1 is 0.839 bits per heavy atom. The van der Waals surface area contributed by atoms with Crippen LogP contribution in [0.4, 0.5) is 13.2 Å². The number of halogens is 3. The van der Waals surface area contributed by atoms with E-state index < -0.39 is 23.7 Å². The molecular weight excluding hydrogens is 407 g/mol. The predicted molar refractivity (Wildman–Crippen MR) is 107 cm³/mol. The Hall–Kier alpha value is -3.94. The Balaban J connectivity index is 1.62. The van der Waals surface area contributed by atoms with Crippen LogP contribution in [0.1, 0.15) is 33.4 Å². The van der Waals surface area contributed by atoms with Crippen LogP contribution in [0.5, 0.6) is 0 Å². The summed E-state index contributed by atoms with van der Waals surface area (Å²) < 4.78 is 44.2. The minimum atomic E-state index is -4.47. The van der Waals surface area contributed by atoms with Crippen molar-refractivity contribution in [3.63, 3.8) is 0 Å². The van der Waals surface area contributed by atoms with Crippen LogP contribution in [-0.4, -0.2) is 16.1 Å². The highest BCUT2D eigenvalue weighted by molar-refractivity contribution is 5.94. The van der Waals surface area contributed by atoms with E-state index in [0.717, 1.165) is 29.8 Å². The molecule has 0 aliphatic heterocycles. The van der Waals surface area contributed by atoms with Gasteiger partial charge in [0.25, 0.3) is 5.91 Å². The van der Waals surface area contributed by atoms with Crippen LogP contribution in [0.3, 0.4) is 0 Å². The van der Waals surface area contributed by atoms with Gasteiger partial charge in [-0.25, -0.2) is 0 Å². The van der Waals surface area contributed by atoms with Crippen LogP contribution >= 0.6 is 0 Å². The third-order valence-corrected chi connectivity index (χ3v) is 4.59. The van der Waals surface area contributed by atoms with Gasteiger partial charge in [-0.05, 0) is 42.0 Å². The molecule has 31 heavy (non-hydrogen) atoms. The third-order valence-electron chi connectivity index (χ3n) is 4.59. The lowest BCUT2D eigenvalue weighted by molar-refractivity contribution is -0.137. The first-order valence-corrected chi connectivity index (χ1v) is 9.34. The molecule has 1 N–H and O–H groups in total. The summed E-state index contributed by atoms with van der Waals surface area (Å²) >= 11 is 0. The molecule has 5 nitrogen and oxygen atoms in total. The molecule has 1 aromatic heterocycles. The first kappa shape index (κ1) is 20.3. The smallest absolute Gasteiger partial charge is 0.416 e. The minimum absolute atomic E-state index is 0.0803. The van der Waals surface area contributed by atoms with Gasteiger partial charge in [0.15, 0.2) is 0 Å². The number of nitrogens with one attached hydrogen (secondary N) is 1. The molecule has 1 atom stereocenters. The molecule has 3 aromatic carbocycles. The lowest BCUT2D eigenvalue weighted by Gasteiger charge is -2.16. The molecule has 0 saturated heterocycles. The van der Waals surface area contributed by atoms with Crippen molar-refractivity contribution in [3.8, 4) is 11.5 Å². The molecule has 0 aliphatic carbocycles.